The number of rotatable bonds is 8. The number of carbonyl (C=O) groups is 3. The number of anilines is 1. The van der Waals surface area contributed by atoms with Crippen LogP contribution >= 0.6 is 11.6 Å². The van der Waals surface area contributed by atoms with Gasteiger partial charge in [-0.05, 0) is 30.5 Å². The van der Waals surface area contributed by atoms with E-state index >= 15 is 0 Å². The van der Waals surface area contributed by atoms with E-state index in [2.05, 4.69) is 24.2 Å². The van der Waals surface area contributed by atoms with Gasteiger partial charge in [-0.2, -0.15) is 0 Å². The number of benzodiazepines with no additional fused rings is 1. The molecule has 194 valence electrons. The van der Waals surface area contributed by atoms with Crippen LogP contribution in [0.15, 0.2) is 53.5 Å². The van der Waals surface area contributed by atoms with Crippen molar-refractivity contribution >= 4 is 40.7 Å². The topological polar surface area (TPSA) is 105 Å². The summed E-state index contributed by atoms with van der Waals surface area (Å²) in [6.45, 7) is 8.28. The molecule has 3 rings (SSSR count). The van der Waals surface area contributed by atoms with Crippen molar-refractivity contribution in [2.75, 3.05) is 11.9 Å². The monoisotopic (exact) mass is 512 g/mol. The van der Waals surface area contributed by atoms with Gasteiger partial charge in [-0.3, -0.25) is 14.4 Å². The van der Waals surface area contributed by atoms with E-state index in [-0.39, 0.29) is 18.2 Å². The lowest BCUT2D eigenvalue weighted by molar-refractivity contribution is -0.132. The second kappa shape index (κ2) is 13.8. The Bertz CT molecular complexity index is 1080. The molecule has 0 radical (unpaired) electrons. The molecule has 1 aliphatic heterocycles. The van der Waals surface area contributed by atoms with Gasteiger partial charge in [0.1, 0.15) is 0 Å². The van der Waals surface area contributed by atoms with Gasteiger partial charge in [0.15, 0.2) is 0 Å². The molecule has 0 aliphatic carbocycles. The van der Waals surface area contributed by atoms with Gasteiger partial charge in [0.2, 0.25) is 18.0 Å². The SMILES string of the molecule is CC(C)CC(CC(N)=O)C(=O)NC1N=C(c2ccc(Cl)cc2)c2ccccc2N(C)C1=O.CCCC. The Morgan fingerprint density at radius 1 is 1.08 bits per heavy atom. The molecule has 1 heterocycles. The maximum Gasteiger partial charge on any atom is 0.272 e. The van der Waals surface area contributed by atoms with Crippen molar-refractivity contribution in [3.63, 3.8) is 0 Å². The van der Waals surface area contributed by atoms with Crippen molar-refractivity contribution < 1.29 is 14.4 Å². The fourth-order valence-corrected chi connectivity index (χ4v) is 3.93. The highest BCUT2D eigenvalue weighted by Gasteiger charge is 2.33. The number of carbonyl (C=O) groups excluding carboxylic acids is 3. The summed E-state index contributed by atoms with van der Waals surface area (Å²) in [7, 11) is 1.65. The third-order valence-electron chi connectivity index (χ3n) is 5.81. The number of para-hydroxylation sites is 1. The Kier molecular flexibility index (Phi) is 11.1. The summed E-state index contributed by atoms with van der Waals surface area (Å²) in [6.07, 6.45) is 1.88. The molecule has 0 fully saturated rings. The van der Waals surface area contributed by atoms with Gasteiger partial charge in [0.05, 0.1) is 11.4 Å². The van der Waals surface area contributed by atoms with Crippen LogP contribution in [0.1, 0.15) is 64.5 Å². The first-order valence-electron chi connectivity index (χ1n) is 12.4. The van der Waals surface area contributed by atoms with E-state index in [1.54, 1.807) is 19.2 Å². The number of halogens is 1. The third kappa shape index (κ3) is 7.92. The molecule has 1 aliphatic rings. The lowest BCUT2D eigenvalue weighted by Crippen LogP contribution is -2.48. The minimum atomic E-state index is -1.15. The van der Waals surface area contributed by atoms with E-state index < -0.39 is 23.9 Å². The second-order valence-corrected chi connectivity index (χ2v) is 9.74. The molecule has 0 saturated heterocycles. The zero-order valence-corrected chi connectivity index (χ0v) is 22.5. The standard InChI is InChI=1S/C24H27ClN4O3.C4H10/c1-14(2)12-16(13-20(26)30)23(31)28-22-24(32)29(3)19-7-5-4-6-18(19)21(27-22)15-8-10-17(25)11-9-15;1-3-4-2/h4-11,14,16,22H,12-13H2,1-3H3,(H2,26,30)(H,28,31);3-4H2,1-2H3. The molecule has 0 spiro atoms. The summed E-state index contributed by atoms with van der Waals surface area (Å²) in [4.78, 5) is 43.9. The van der Waals surface area contributed by atoms with E-state index in [1.165, 1.54) is 17.7 Å². The highest BCUT2D eigenvalue weighted by atomic mass is 35.5. The van der Waals surface area contributed by atoms with Gasteiger partial charge in [-0.1, -0.05) is 82.5 Å². The van der Waals surface area contributed by atoms with Crippen molar-refractivity contribution in [2.45, 2.75) is 59.5 Å². The number of hydrogen-bond acceptors (Lipinski definition) is 4. The lowest BCUT2D eigenvalue weighted by Gasteiger charge is -2.23. The molecule has 3 N–H and O–H groups in total. The fraction of sp³-hybridized carbons (Fsp3) is 0.429. The Labute approximate surface area is 219 Å². The van der Waals surface area contributed by atoms with Crippen molar-refractivity contribution in [3.05, 3.63) is 64.7 Å². The number of likely N-dealkylation sites (N-methyl/N-ethyl adjacent to an activating group) is 1. The molecule has 0 bridgehead atoms. The number of nitrogens with two attached hydrogens (primary N) is 1. The van der Waals surface area contributed by atoms with Crippen LogP contribution in [0.5, 0.6) is 0 Å². The van der Waals surface area contributed by atoms with Crippen LogP contribution in [-0.4, -0.2) is 36.6 Å². The Balaban J connectivity index is 0.00000106. The zero-order valence-electron chi connectivity index (χ0n) is 21.8. The van der Waals surface area contributed by atoms with Gasteiger partial charge in [-0.25, -0.2) is 4.99 Å². The summed E-state index contributed by atoms with van der Waals surface area (Å²) in [5.74, 6) is -1.82. The van der Waals surface area contributed by atoms with Crippen LogP contribution in [0.2, 0.25) is 5.02 Å². The molecule has 0 aromatic heterocycles. The number of amides is 3. The minimum absolute atomic E-state index is 0.0885. The van der Waals surface area contributed by atoms with Crippen LogP contribution in [0.3, 0.4) is 0 Å². The smallest absolute Gasteiger partial charge is 0.272 e. The number of primary amides is 1. The predicted molar refractivity (Wildman–Crippen MR) is 146 cm³/mol. The molecule has 0 saturated carbocycles. The van der Waals surface area contributed by atoms with Crippen LogP contribution < -0.4 is 16.0 Å². The second-order valence-electron chi connectivity index (χ2n) is 9.31. The van der Waals surface area contributed by atoms with Gasteiger partial charge in [0.25, 0.3) is 5.91 Å². The van der Waals surface area contributed by atoms with Gasteiger partial charge in [-0.15, -0.1) is 0 Å². The minimum Gasteiger partial charge on any atom is -0.370 e. The van der Waals surface area contributed by atoms with Crippen LogP contribution in [-0.2, 0) is 14.4 Å². The molecule has 7 nitrogen and oxygen atoms in total. The average molecular weight is 513 g/mol. The quantitative estimate of drug-likeness (QED) is 0.523. The molecular formula is C28H37ClN4O3. The number of aliphatic imine (C=N–C) groups is 1. The summed E-state index contributed by atoms with van der Waals surface area (Å²) < 4.78 is 0. The highest BCUT2D eigenvalue weighted by Crippen LogP contribution is 2.28. The van der Waals surface area contributed by atoms with Crippen LogP contribution in [0.4, 0.5) is 5.69 Å². The maximum absolute atomic E-state index is 13.2. The molecule has 2 aromatic carbocycles. The Hall–Kier alpha value is -3.19. The molecule has 2 aromatic rings. The zero-order chi connectivity index (χ0) is 26.8. The van der Waals surface area contributed by atoms with Gasteiger partial charge in [0, 0.05) is 35.5 Å². The Morgan fingerprint density at radius 2 is 1.69 bits per heavy atom. The number of nitrogens with one attached hydrogen (secondary N) is 1. The number of unbranched alkanes of at least 4 members (excludes halogenated alkanes) is 1. The fourth-order valence-electron chi connectivity index (χ4n) is 3.80. The Morgan fingerprint density at radius 3 is 2.25 bits per heavy atom. The highest BCUT2D eigenvalue weighted by molar-refractivity contribution is 6.30. The third-order valence-corrected chi connectivity index (χ3v) is 6.07. The van der Waals surface area contributed by atoms with Crippen LogP contribution in [0.25, 0.3) is 0 Å². The number of nitrogens with zero attached hydrogens (tertiary/aromatic N) is 2. The van der Waals surface area contributed by atoms with Crippen LogP contribution in [0, 0.1) is 11.8 Å². The first kappa shape index (κ1) is 29.0. The number of hydrogen-bond donors (Lipinski definition) is 2. The van der Waals surface area contributed by atoms with E-state index in [1.807, 2.05) is 50.2 Å². The van der Waals surface area contributed by atoms with Crippen molar-refractivity contribution in [1.82, 2.24) is 5.32 Å². The van der Waals surface area contributed by atoms with E-state index in [4.69, 9.17) is 17.3 Å². The van der Waals surface area contributed by atoms with E-state index in [0.29, 0.717) is 22.8 Å². The summed E-state index contributed by atoms with van der Waals surface area (Å²) in [5.41, 5.74) is 8.12. The molecule has 2 unspecified atom stereocenters. The number of benzene rings is 2. The van der Waals surface area contributed by atoms with Gasteiger partial charge >= 0.3 is 0 Å². The molecule has 8 heteroatoms. The number of fused-ring (bicyclic) bond motifs is 1. The molecule has 2 atom stereocenters. The molecule has 3 amide bonds. The predicted octanol–water partition coefficient (Wildman–Crippen LogP) is 4.94. The maximum atomic E-state index is 13.2. The molecular weight excluding hydrogens is 476 g/mol. The summed E-state index contributed by atoms with van der Waals surface area (Å²) in [6, 6.07) is 14.6. The van der Waals surface area contributed by atoms with Gasteiger partial charge < -0.3 is 16.0 Å². The first-order valence-corrected chi connectivity index (χ1v) is 12.8. The average Bonchev–Trinajstić information content (AvgIpc) is 2.94. The van der Waals surface area contributed by atoms with Crippen molar-refractivity contribution in [3.8, 4) is 0 Å². The largest absolute Gasteiger partial charge is 0.370 e. The lowest BCUT2D eigenvalue weighted by atomic mass is 9.93. The summed E-state index contributed by atoms with van der Waals surface area (Å²) >= 11 is 6.05. The van der Waals surface area contributed by atoms with E-state index in [9.17, 15) is 14.4 Å². The summed E-state index contributed by atoms with van der Waals surface area (Å²) in [5, 5.41) is 3.33. The van der Waals surface area contributed by atoms with Crippen molar-refractivity contribution in [1.29, 1.82) is 0 Å². The normalized spacial score (nSPS) is 15.8. The molecule has 36 heavy (non-hydrogen) atoms. The van der Waals surface area contributed by atoms with E-state index in [0.717, 1.165) is 11.1 Å². The first-order chi connectivity index (χ1) is 17.1. The van der Waals surface area contributed by atoms with Crippen molar-refractivity contribution in [2.24, 2.45) is 22.6 Å².